The molecule has 2 rings (SSSR count). The monoisotopic (exact) mass is 266 g/mol. The fraction of sp³-hybridized carbons (Fsp3) is 1.00. The zero-order chi connectivity index (χ0) is 13.7. The van der Waals surface area contributed by atoms with E-state index in [1.165, 1.54) is 64.5 Å². The Bertz CT molecular complexity index is 238. The molecule has 2 aliphatic carbocycles. The molecule has 0 unspecified atom stereocenters. The van der Waals surface area contributed by atoms with Crippen molar-refractivity contribution in [1.82, 2.24) is 10.2 Å². The predicted octanol–water partition coefficient (Wildman–Crippen LogP) is 3.67. The molecule has 0 bridgehead atoms. The largest absolute Gasteiger partial charge is 0.313 e. The Labute approximate surface area is 120 Å². The van der Waals surface area contributed by atoms with E-state index in [1.807, 2.05) is 0 Å². The van der Waals surface area contributed by atoms with Crippen LogP contribution in [0.5, 0.6) is 0 Å². The second-order valence-corrected chi connectivity index (χ2v) is 7.23. The number of nitrogens with zero attached hydrogens (tertiary/aromatic N) is 1. The molecule has 0 heterocycles. The van der Waals surface area contributed by atoms with Gasteiger partial charge in [0.25, 0.3) is 0 Å². The molecule has 1 N–H and O–H groups in total. The molecule has 112 valence electrons. The Hall–Kier alpha value is -0.0800. The summed E-state index contributed by atoms with van der Waals surface area (Å²) in [4.78, 5) is 2.58. The van der Waals surface area contributed by atoms with Crippen LogP contribution in [0.25, 0.3) is 0 Å². The third-order valence-electron chi connectivity index (χ3n) is 5.56. The Morgan fingerprint density at radius 2 is 1.63 bits per heavy atom. The van der Waals surface area contributed by atoms with Gasteiger partial charge in [0.2, 0.25) is 0 Å². The highest BCUT2D eigenvalue weighted by Gasteiger charge is 2.23. The van der Waals surface area contributed by atoms with Crippen LogP contribution in [0.3, 0.4) is 0 Å². The van der Waals surface area contributed by atoms with Gasteiger partial charge in [-0.2, -0.15) is 0 Å². The summed E-state index contributed by atoms with van der Waals surface area (Å²) in [6.07, 6.45) is 11.4. The van der Waals surface area contributed by atoms with Gasteiger partial charge in [0.05, 0.1) is 0 Å². The Morgan fingerprint density at radius 1 is 1.00 bits per heavy atom. The average molecular weight is 266 g/mol. The van der Waals surface area contributed by atoms with Crippen LogP contribution < -0.4 is 5.32 Å². The minimum absolute atomic E-state index is 0.798. The first-order valence-corrected chi connectivity index (χ1v) is 8.60. The predicted molar refractivity (Wildman–Crippen MR) is 83.5 cm³/mol. The molecule has 0 amide bonds. The van der Waals surface area contributed by atoms with E-state index in [0.717, 1.165) is 23.9 Å². The van der Waals surface area contributed by atoms with E-state index >= 15 is 0 Å². The van der Waals surface area contributed by atoms with Gasteiger partial charge in [0.1, 0.15) is 0 Å². The number of nitrogens with one attached hydrogen (secondary N) is 1. The van der Waals surface area contributed by atoms with Gasteiger partial charge in [-0.3, -0.25) is 0 Å². The topological polar surface area (TPSA) is 15.3 Å². The van der Waals surface area contributed by atoms with Crippen LogP contribution in [0.15, 0.2) is 0 Å². The van der Waals surface area contributed by atoms with Crippen molar-refractivity contribution in [2.24, 2.45) is 11.8 Å². The molecule has 2 nitrogen and oxygen atoms in total. The maximum Gasteiger partial charge on any atom is 0.0107 e. The quantitative estimate of drug-likeness (QED) is 0.789. The minimum Gasteiger partial charge on any atom is -0.313 e. The molecule has 0 aliphatic heterocycles. The first kappa shape index (κ1) is 15.3. The fourth-order valence-corrected chi connectivity index (χ4v) is 3.96. The summed E-state index contributed by atoms with van der Waals surface area (Å²) in [6, 6.07) is 1.67. The van der Waals surface area contributed by atoms with E-state index in [1.54, 1.807) is 0 Å². The average Bonchev–Trinajstić information content (AvgIpc) is 2.93. The summed E-state index contributed by atoms with van der Waals surface area (Å²) in [5.74, 6) is 1.87. The van der Waals surface area contributed by atoms with Gasteiger partial charge in [0, 0.05) is 25.2 Å². The van der Waals surface area contributed by atoms with E-state index in [2.05, 4.69) is 31.1 Å². The van der Waals surface area contributed by atoms with Crippen LogP contribution in [-0.2, 0) is 0 Å². The highest BCUT2D eigenvalue weighted by molar-refractivity contribution is 4.80. The fourth-order valence-electron chi connectivity index (χ4n) is 3.96. The molecule has 0 spiro atoms. The van der Waals surface area contributed by atoms with Gasteiger partial charge in [-0.1, -0.05) is 26.7 Å². The minimum atomic E-state index is 0.798. The van der Waals surface area contributed by atoms with Crippen molar-refractivity contribution in [1.29, 1.82) is 0 Å². The van der Waals surface area contributed by atoms with Crippen molar-refractivity contribution in [3.05, 3.63) is 0 Å². The number of hydrogen-bond donors (Lipinski definition) is 1. The second-order valence-electron chi connectivity index (χ2n) is 7.23. The molecule has 0 radical (unpaired) electrons. The van der Waals surface area contributed by atoms with E-state index in [-0.39, 0.29) is 0 Å². The number of hydrogen-bond acceptors (Lipinski definition) is 2. The summed E-state index contributed by atoms with van der Waals surface area (Å²) in [6.45, 7) is 7.18. The molecule has 2 saturated carbocycles. The van der Waals surface area contributed by atoms with Crippen molar-refractivity contribution in [3.8, 4) is 0 Å². The molecule has 2 aliphatic rings. The van der Waals surface area contributed by atoms with Gasteiger partial charge in [-0.25, -0.2) is 0 Å². The maximum atomic E-state index is 3.79. The van der Waals surface area contributed by atoms with Crippen molar-refractivity contribution in [2.45, 2.75) is 77.3 Å². The summed E-state index contributed by atoms with van der Waals surface area (Å²) in [7, 11) is 2.31. The molecule has 19 heavy (non-hydrogen) atoms. The highest BCUT2D eigenvalue weighted by atomic mass is 15.1. The normalized spacial score (nSPS) is 29.5. The van der Waals surface area contributed by atoms with Gasteiger partial charge in [-0.15, -0.1) is 0 Å². The molecular weight excluding hydrogens is 232 g/mol. The van der Waals surface area contributed by atoms with Crippen LogP contribution in [0, 0.1) is 11.8 Å². The number of rotatable bonds is 6. The van der Waals surface area contributed by atoms with Gasteiger partial charge >= 0.3 is 0 Å². The second kappa shape index (κ2) is 7.64. The zero-order valence-corrected chi connectivity index (χ0v) is 13.3. The third-order valence-corrected chi connectivity index (χ3v) is 5.56. The van der Waals surface area contributed by atoms with E-state index in [4.69, 9.17) is 0 Å². The SMILES string of the molecule is CC(C)C1CCC(NCCN(C)C2CCCC2)CC1. The number of likely N-dealkylation sites (N-methyl/N-ethyl adjacent to an activating group) is 1. The van der Waals surface area contributed by atoms with Crippen LogP contribution >= 0.6 is 0 Å². The zero-order valence-electron chi connectivity index (χ0n) is 13.3. The van der Waals surface area contributed by atoms with Crippen LogP contribution in [0.1, 0.15) is 65.2 Å². The summed E-state index contributed by atoms with van der Waals surface area (Å²) in [5.41, 5.74) is 0. The molecule has 2 heteroatoms. The Balaban J connectivity index is 1.56. The van der Waals surface area contributed by atoms with Gasteiger partial charge in [0.15, 0.2) is 0 Å². The first-order valence-electron chi connectivity index (χ1n) is 8.60. The third kappa shape index (κ3) is 4.75. The molecule has 0 aromatic rings. The lowest BCUT2D eigenvalue weighted by Crippen LogP contribution is -2.40. The van der Waals surface area contributed by atoms with E-state index in [9.17, 15) is 0 Å². The maximum absolute atomic E-state index is 3.79. The van der Waals surface area contributed by atoms with Crippen LogP contribution in [0.2, 0.25) is 0 Å². The van der Waals surface area contributed by atoms with Crippen molar-refractivity contribution in [3.63, 3.8) is 0 Å². The first-order chi connectivity index (χ1) is 9.16. The smallest absolute Gasteiger partial charge is 0.0107 e. The molecule has 0 saturated heterocycles. The Morgan fingerprint density at radius 3 is 2.21 bits per heavy atom. The standard InChI is InChI=1S/C17H34N2/c1-14(2)15-8-10-16(11-9-15)18-12-13-19(3)17-6-4-5-7-17/h14-18H,4-13H2,1-3H3. The van der Waals surface area contributed by atoms with Gasteiger partial charge < -0.3 is 10.2 Å². The van der Waals surface area contributed by atoms with Crippen LogP contribution in [-0.4, -0.2) is 37.1 Å². The van der Waals surface area contributed by atoms with Crippen LogP contribution in [0.4, 0.5) is 0 Å². The summed E-state index contributed by atoms with van der Waals surface area (Å²) < 4.78 is 0. The van der Waals surface area contributed by atoms with Crippen molar-refractivity contribution in [2.75, 3.05) is 20.1 Å². The van der Waals surface area contributed by atoms with E-state index in [0.29, 0.717) is 0 Å². The highest BCUT2D eigenvalue weighted by Crippen LogP contribution is 2.29. The molecule has 0 atom stereocenters. The lowest BCUT2D eigenvalue weighted by Gasteiger charge is -2.32. The summed E-state index contributed by atoms with van der Waals surface area (Å²) in [5, 5.41) is 3.79. The van der Waals surface area contributed by atoms with E-state index < -0.39 is 0 Å². The van der Waals surface area contributed by atoms with Crippen molar-refractivity contribution < 1.29 is 0 Å². The molecule has 0 aromatic heterocycles. The Kier molecular flexibility index (Phi) is 6.15. The summed E-state index contributed by atoms with van der Waals surface area (Å²) >= 11 is 0. The lowest BCUT2D eigenvalue weighted by atomic mass is 9.80. The van der Waals surface area contributed by atoms with Gasteiger partial charge in [-0.05, 0) is 57.4 Å². The molecule has 0 aromatic carbocycles. The lowest BCUT2D eigenvalue weighted by molar-refractivity contribution is 0.216. The van der Waals surface area contributed by atoms with Crippen molar-refractivity contribution >= 4 is 0 Å². The molecular formula is C17H34N2. The molecule has 2 fully saturated rings.